The summed E-state index contributed by atoms with van der Waals surface area (Å²) in [5.74, 6) is 0.501. The number of carbonyl (C=O) groups excluding carboxylic acids is 1. The minimum atomic E-state index is -0.197. The Bertz CT molecular complexity index is 764. The molecular formula is C19H20Cl2N2O3. The van der Waals surface area contributed by atoms with Crippen LogP contribution in [0.2, 0.25) is 10.0 Å². The molecule has 1 aliphatic rings. The zero-order chi connectivity index (χ0) is 18.4. The molecular weight excluding hydrogens is 375 g/mol. The summed E-state index contributed by atoms with van der Waals surface area (Å²) in [6.45, 7) is 1.39. The summed E-state index contributed by atoms with van der Waals surface area (Å²) in [5, 5.41) is 6.86. The molecule has 26 heavy (non-hydrogen) atoms. The Morgan fingerprint density at radius 1 is 1.23 bits per heavy atom. The van der Waals surface area contributed by atoms with Crippen molar-refractivity contribution in [1.82, 2.24) is 0 Å². The summed E-state index contributed by atoms with van der Waals surface area (Å²) in [4.78, 5) is 12.1. The molecule has 2 aromatic carbocycles. The lowest BCUT2D eigenvalue weighted by Crippen LogP contribution is -2.22. The Morgan fingerprint density at radius 3 is 2.92 bits per heavy atom. The Hall–Kier alpha value is -1.95. The maximum Gasteiger partial charge on any atom is 0.243 e. The molecule has 2 aromatic rings. The van der Waals surface area contributed by atoms with E-state index in [1.807, 2.05) is 18.2 Å². The molecule has 3 rings (SSSR count). The first-order chi connectivity index (χ1) is 12.6. The molecule has 1 atom stereocenters. The van der Waals surface area contributed by atoms with Gasteiger partial charge < -0.3 is 20.1 Å². The number of rotatable bonds is 7. The quantitative estimate of drug-likeness (QED) is 0.719. The number of anilines is 2. The average Bonchev–Trinajstić information content (AvgIpc) is 3.15. The monoisotopic (exact) mass is 394 g/mol. The first kappa shape index (κ1) is 18.8. The Labute approximate surface area is 162 Å². The first-order valence-corrected chi connectivity index (χ1v) is 9.19. The molecule has 1 amide bonds. The van der Waals surface area contributed by atoms with Gasteiger partial charge in [-0.3, -0.25) is 4.79 Å². The maximum atomic E-state index is 12.1. The van der Waals surface area contributed by atoms with Gasteiger partial charge in [0, 0.05) is 23.4 Å². The lowest BCUT2D eigenvalue weighted by Gasteiger charge is -2.13. The number of nitrogens with one attached hydrogen (secondary N) is 2. The Kier molecular flexibility index (Phi) is 6.61. The van der Waals surface area contributed by atoms with Crippen molar-refractivity contribution in [3.05, 3.63) is 52.5 Å². The number of benzene rings is 2. The highest BCUT2D eigenvalue weighted by molar-refractivity contribution is 6.35. The first-order valence-electron chi connectivity index (χ1n) is 8.43. The van der Waals surface area contributed by atoms with Crippen LogP contribution in [0, 0.1) is 0 Å². The van der Waals surface area contributed by atoms with E-state index in [0.717, 1.165) is 19.4 Å². The molecule has 0 aromatic heterocycles. The Balaban J connectivity index is 1.50. The Morgan fingerprint density at radius 2 is 2.12 bits per heavy atom. The second-order valence-electron chi connectivity index (χ2n) is 6.00. The van der Waals surface area contributed by atoms with Gasteiger partial charge in [0.1, 0.15) is 12.4 Å². The minimum Gasteiger partial charge on any atom is -0.491 e. The largest absolute Gasteiger partial charge is 0.491 e. The molecule has 1 unspecified atom stereocenters. The van der Waals surface area contributed by atoms with Crippen LogP contribution in [-0.4, -0.2) is 31.8 Å². The molecule has 1 aliphatic heterocycles. The SMILES string of the molecule is O=C(CNc1cc(Cl)ccc1Cl)Nc1cccc(OCC2CCCO2)c1. The van der Waals surface area contributed by atoms with Crippen molar-refractivity contribution in [3.8, 4) is 5.75 Å². The molecule has 5 nitrogen and oxygen atoms in total. The van der Waals surface area contributed by atoms with Gasteiger partial charge in [0.05, 0.1) is 23.4 Å². The van der Waals surface area contributed by atoms with Crippen LogP contribution in [0.15, 0.2) is 42.5 Å². The highest BCUT2D eigenvalue weighted by Gasteiger charge is 2.16. The molecule has 7 heteroatoms. The smallest absolute Gasteiger partial charge is 0.243 e. The standard InChI is InChI=1S/C19H20Cl2N2O3/c20-13-6-7-17(21)18(9-13)22-11-19(24)23-14-3-1-4-15(10-14)26-12-16-5-2-8-25-16/h1,3-4,6-7,9-10,16,22H,2,5,8,11-12H2,(H,23,24). The summed E-state index contributed by atoms with van der Waals surface area (Å²) >= 11 is 12.0. The molecule has 0 bridgehead atoms. The van der Waals surface area contributed by atoms with Crippen LogP contribution in [0.5, 0.6) is 5.75 Å². The molecule has 0 saturated carbocycles. The van der Waals surface area contributed by atoms with Gasteiger partial charge >= 0.3 is 0 Å². The van der Waals surface area contributed by atoms with Crippen molar-refractivity contribution >= 4 is 40.5 Å². The fourth-order valence-corrected chi connectivity index (χ4v) is 3.00. The number of ether oxygens (including phenoxy) is 2. The number of carbonyl (C=O) groups is 1. The number of hydrogen-bond acceptors (Lipinski definition) is 4. The second-order valence-corrected chi connectivity index (χ2v) is 6.84. The topological polar surface area (TPSA) is 59.6 Å². The second kappa shape index (κ2) is 9.12. The molecule has 0 aliphatic carbocycles. The van der Waals surface area contributed by atoms with Crippen LogP contribution in [0.1, 0.15) is 12.8 Å². The molecule has 2 N–H and O–H groups in total. The van der Waals surface area contributed by atoms with Gasteiger partial charge in [-0.15, -0.1) is 0 Å². The van der Waals surface area contributed by atoms with Crippen molar-refractivity contribution in [2.45, 2.75) is 18.9 Å². The van der Waals surface area contributed by atoms with Gasteiger partial charge in [0.15, 0.2) is 0 Å². The van der Waals surface area contributed by atoms with Crippen LogP contribution in [-0.2, 0) is 9.53 Å². The van der Waals surface area contributed by atoms with Gasteiger partial charge in [0.25, 0.3) is 0 Å². The summed E-state index contributed by atoms with van der Waals surface area (Å²) in [6.07, 6.45) is 2.25. The van der Waals surface area contributed by atoms with Gasteiger partial charge in [-0.05, 0) is 43.2 Å². The predicted molar refractivity (Wildman–Crippen MR) is 104 cm³/mol. The number of hydrogen-bond donors (Lipinski definition) is 2. The summed E-state index contributed by atoms with van der Waals surface area (Å²) in [7, 11) is 0. The van der Waals surface area contributed by atoms with Crippen molar-refractivity contribution in [1.29, 1.82) is 0 Å². The zero-order valence-electron chi connectivity index (χ0n) is 14.1. The maximum absolute atomic E-state index is 12.1. The van der Waals surface area contributed by atoms with E-state index in [1.54, 1.807) is 24.3 Å². The van der Waals surface area contributed by atoms with E-state index >= 15 is 0 Å². The van der Waals surface area contributed by atoms with E-state index in [9.17, 15) is 4.79 Å². The van der Waals surface area contributed by atoms with Crippen LogP contribution < -0.4 is 15.4 Å². The van der Waals surface area contributed by atoms with E-state index in [0.29, 0.717) is 33.8 Å². The highest BCUT2D eigenvalue weighted by atomic mass is 35.5. The van der Waals surface area contributed by atoms with E-state index in [1.165, 1.54) is 0 Å². The van der Waals surface area contributed by atoms with E-state index in [-0.39, 0.29) is 18.6 Å². The normalized spacial score (nSPS) is 16.3. The van der Waals surface area contributed by atoms with Crippen molar-refractivity contribution in [3.63, 3.8) is 0 Å². The van der Waals surface area contributed by atoms with Crippen molar-refractivity contribution in [2.24, 2.45) is 0 Å². The van der Waals surface area contributed by atoms with Crippen LogP contribution in [0.3, 0.4) is 0 Å². The summed E-state index contributed by atoms with van der Waals surface area (Å²) in [5.41, 5.74) is 1.28. The van der Waals surface area contributed by atoms with Crippen molar-refractivity contribution in [2.75, 3.05) is 30.4 Å². The third-order valence-corrected chi connectivity index (χ3v) is 4.51. The third-order valence-electron chi connectivity index (χ3n) is 3.95. The van der Waals surface area contributed by atoms with Gasteiger partial charge in [0.2, 0.25) is 5.91 Å². The van der Waals surface area contributed by atoms with E-state index in [2.05, 4.69) is 10.6 Å². The van der Waals surface area contributed by atoms with Crippen LogP contribution >= 0.6 is 23.2 Å². The fourth-order valence-electron chi connectivity index (χ4n) is 2.64. The van der Waals surface area contributed by atoms with Crippen LogP contribution in [0.25, 0.3) is 0 Å². The fraction of sp³-hybridized carbons (Fsp3) is 0.316. The third kappa shape index (κ3) is 5.53. The van der Waals surface area contributed by atoms with E-state index in [4.69, 9.17) is 32.7 Å². The molecule has 1 saturated heterocycles. The highest BCUT2D eigenvalue weighted by Crippen LogP contribution is 2.25. The molecule has 1 fully saturated rings. The lowest BCUT2D eigenvalue weighted by atomic mass is 10.2. The van der Waals surface area contributed by atoms with Gasteiger partial charge in [-0.2, -0.15) is 0 Å². The van der Waals surface area contributed by atoms with Crippen LogP contribution in [0.4, 0.5) is 11.4 Å². The predicted octanol–water partition coefficient (Wildman–Crippen LogP) is 4.60. The average molecular weight is 395 g/mol. The minimum absolute atomic E-state index is 0.0705. The number of halogens is 2. The molecule has 0 radical (unpaired) electrons. The summed E-state index contributed by atoms with van der Waals surface area (Å²) in [6, 6.07) is 12.3. The van der Waals surface area contributed by atoms with Gasteiger partial charge in [-0.25, -0.2) is 0 Å². The molecule has 1 heterocycles. The number of amides is 1. The molecule has 138 valence electrons. The zero-order valence-corrected chi connectivity index (χ0v) is 15.6. The van der Waals surface area contributed by atoms with E-state index < -0.39 is 0 Å². The van der Waals surface area contributed by atoms with Gasteiger partial charge in [-0.1, -0.05) is 29.3 Å². The lowest BCUT2D eigenvalue weighted by molar-refractivity contribution is -0.114. The summed E-state index contributed by atoms with van der Waals surface area (Å²) < 4.78 is 11.3. The van der Waals surface area contributed by atoms with Crippen molar-refractivity contribution < 1.29 is 14.3 Å². The molecule has 0 spiro atoms.